The number of hydrogen-bond donors (Lipinski definition) is 2. The second kappa shape index (κ2) is 10.7. The zero-order chi connectivity index (χ0) is 24.9. The Balaban J connectivity index is 1.07. The third-order valence-corrected chi connectivity index (χ3v) is 6.75. The molecule has 1 saturated heterocycles. The molecule has 0 unspecified atom stereocenters. The molecular formula is C29H31N5O2. The molecule has 0 bridgehead atoms. The first-order valence-corrected chi connectivity index (χ1v) is 12.4. The van der Waals surface area contributed by atoms with Crippen molar-refractivity contribution < 1.29 is 9.59 Å². The van der Waals surface area contributed by atoms with Crippen molar-refractivity contribution in [3.05, 3.63) is 84.1 Å². The maximum absolute atomic E-state index is 12.9. The van der Waals surface area contributed by atoms with E-state index in [1.165, 1.54) is 0 Å². The van der Waals surface area contributed by atoms with Gasteiger partial charge in [-0.2, -0.15) is 0 Å². The van der Waals surface area contributed by atoms with E-state index in [1.54, 1.807) is 0 Å². The van der Waals surface area contributed by atoms with Gasteiger partial charge in [-0.05, 0) is 35.4 Å². The van der Waals surface area contributed by atoms with Gasteiger partial charge in [-0.15, -0.1) is 0 Å². The van der Waals surface area contributed by atoms with E-state index in [2.05, 4.69) is 38.7 Å². The molecular weight excluding hydrogens is 450 g/mol. The Labute approximate surface area is 211 Å². The Morgan fingerprint density at radius 3 is 2.44 bits per heavy atom. The highest BCUT2D eigenvalue weighted by molar-refractivity contribution is 6.00. The van der Waals surface area contributed by atoms with Gasteiger partial charge in [0.05, 0.1) is 17.6 Å². The third-order valence-electron chi connectivity index (χ3n) is 6.75. The highest BCUT2D eigenvalue weighted by atomic mass is 16.2. The van der Waals surface area contributed by atoms with Crippen LogP contribution in [0.5, 0.6) is 0 Å². The van der Waals surface area contributed by atoms with Gasteiger partial charge in [-0.3, -0.25) is 14.7 Å². The van der Waals surface area contributed by atoms with Crippen LogP contribution in [0.3, 0.4) is 0 Å². The van der Waals surface area contributed by atoms with E-state index in [0.29, 0.717) is 26.1 Å². The van der Waals surface area contributed by atoms with Gasteiger partial charge in [-0.1, -0.05) is 60.7 Å². The van der Waals surface area contributed by atoms with Crippen molar-refractivity contribution >= 4 is 39.3 Å². The number of carbonyl (C=O) groups is 2. The van der Waals surface area contributed by atoms with Gasteiger partial charge in [0.25, 0.3) is 0 Å². The predicted molar refractivity (Wildman–Crippen MR) is 144 cm³/mol. The molecule has 5 rings (SSSR count). The van der Waals surface area contributed by atoms with E-state index in [0.717, 1.165) is 58.3 Å². The fourth-order valence-electron chi connectivity index (χ4n) is 4.85. The van der Waals surface area contributed by atoms with E-state index in [4.69, 9.17) is 0 Å². The largest absolute Gasteiger partial charge is 0.340 e. The van der Waals surface area contributed by atoms with Crippen LogP contribution in [0.4, 0.5) is 10.5 Å². The van der Waals surface area contributed by atoms with Crippen LogP contribution >= 0.6 is 0 Å². The Kier molecular flexibility index (Phi) is 7.09. The SMILES string of the molecule is Cc1cc(NC(=O)NCCN2CCN(C(=O)Cc3cccc4ccccc34)CC2)c2ccccc2n1. The maximum Gasteiger partial charge on any atom is 0.319 e. The molecule has 7 heteroatoms. The molecule has 1 fully saturated rings. The van der Waals surface area contributed by atoms with Crippen LogP contribution in [-0.4, -0.2) is 66.0 Å². The lowest BCUT2D eigenvalue weighted by Gasteiger charge is -2.34. The summed E-state index contributed by atoms with van der Waals surface area (Å²) >= 11 is 0. The average molecular weight is 482 g/mol. The molecule has 3 amide bonds. The number of amides is 3. The number of hydrogen-bond acceptors (Lipinski definition) is 4. The second-order valence-corrected chi connectivity index (χ2v) is 9.25. The monoisotopic (exact) mass is 481 g/mol. The molecule has 1 aromatic heterocycles. The molecule has 2 N–H and O–H groups in total. The smallest absolute Gasteiger partial charge is 0.319 e. The molecule has 0 aliphatic carbocycles. The Hall–Kier alpha value is -3.97. The summed E-state index contributed by atoms with van der Waals surface area (Å²) in [4.78, 5) is 34.2. The van der Waals surface area contributed by atoms with Crippen molar-refractivity contribution in [2.75, 3.05) is 44.6 Å². The fourth-order valence-corrected chi connectivity index (χ4v) is 4.85. The number of urea groups is 1. The summed E-state index contributed by atoms with van der Waals surface area (Å²) in [5.74, 6) is 0.170. The summed E-state index contributed by atoms with van der Waals surface area (Å²) in [7, 11) is 0. The van der Waals surface area contributed by atoms with Crippen LogP contribution in [0.2, 0.25) is 0 Å². The third kappa shape index (κ3) is 5.47. The standard InChI is InChI=1S/C29H31N5O2/c1-21-19-27(25-11-4-5-12-26(25)31-21)32-29(36)30-13-14-33-15-17-34(18-16-33)28(35)20-23-9-6-8-22-7-2-3-10-24(22)23/h2-12,19H,13-18,20H2,1H3,(H2,30,31,32,36). The van der Waals surface area contributed by atoms with Crippen LogP contribution < -0.4 is 10.6 Å². The second-order valence-electron chi connectivity index (χ2n) is 9.25. The Bertz CT molecular complexity index is 1390. The number of nitrogens with zero attached hydrogens (tertiary/aromatic N) is 3. The molecule has 3 aromatic carbocycles. The fraction of sp³-hybridized carbons (Fsp3) is 0.276. The maximum atomic E-state index is 12.9. The quantitative estimate of drug-likeness (QED) is 0.433. The van der Waals surface area contributed by atoms with E-state index < -0.39 is 0 Å². The lowest BCUT2D eigenvalue weighted by Crippen LogP contribution is -2.50. The molecule has 7 nitrogen and oxygen atoms in total. The number of para-hydroxylation sites is 1. The van der Waals surface area contributed by atoms with Crippen molar-refractivity contribution in [1.29, 1.82) is 0 Å². The Morgan fingerprint density at radius 1 is 0.889 bits per heavy atom. The van der Waals surface area contributed by atoms with E-state index >= 15 is 0 Å². The zero-order valence-electron chi connectivity index (χ0n) is 20.5. The van der Waals surface area contributed by atoms with Crippen LogP contribution in [0.25, 0.3) is 21.7 Å². The van der Waals surface area contributed by atoms with Crippen molar-refractivity contribution in [1.82, 2.24) is 20.1 Å². The van der Waals surface area contributed by atoms with Gasteiger partial charge < -0.3 is 15.5 Å². The van der Waals surface area contributed by atoms with Crippen molar-refractivity contribution in [2.24, 2.45) is 0 Å². The number of piperazine rings is 1. The van der Waals surface area contributed by atoms with Gasteiger partial charge in [0, 0.05) is 50.3 Å². The summed E-state index contributed by atoms with van der Waals surface area (Å²) < 4.78 is 0. The number of anilines is 1. The predicted octanol–water partition coefficient (Wildman–Crippen LogP) is 4.20. The Morgan fingerprint density at radius 2 is 1.61 bits per heavy atom. The van der Waals surface area contributed by atoms with Crippen molar-refractivity contribution in [2.45, 2.75) is 13.3 Å². The lowest BCUT2D eigenvalue weighted by atomic mass is 10.0. The first kappa shape index (κ1) is 23.8. The number of fused-ring (bicyclic) bond motifs is 2. The van der Waals surface area contributed by atoms with E-state index in [-0.39, 0.29) is 11.9 Å². The number of aromatic nitrogens is 1. The zero-order valence-corrected chi connectivity index (χ0v) is 20.5. The molecule has 0 saturated carbocycles. The van der Waals surface area contributed by atoms with Gasteiger partial charge in [0.15, 0.2) is 0 Å². The number of pyridine rings is 1. The number of rotatable bonds is 6. The van der Waals surface area contributed by atoms with Gasteiger partial charge in [-0.25, -0.2) is 4.79 Å². The van der Waals surface area contributed by atoms with Crippen LogP contribution in [0.15, 0.2) is 72.8 Å². The van der Waals surface area contributed by atoms with Crippen molar-refractivity contribution in [3.63, 3.8) is 0 Å². The topological polar surface area (TPSA) is 77.6 Å². The summed E-state index contributed by atoms with van der Waals surface area (Å²) in [5, 5.41) is 9.14. The van der Waals surface area contributed by atoms with E-state index in [1.807, 2.05) is 66.4 Å². The summed E-state index contributed by atoms with van der Waals surface area (Å²) in [6.45, 7) is 6.22. The molecule has 184 valence electrons. The first-order chi connectivity index (χ1) is 17.6. The van der Waals surface area contributed by atoms with Crippen LogP contribution in [-0.2, 0) is 11.2 Å². The molecule has 1 aliphatic rings. The minimum atomic E-state index is -0.227. The first-order valence-electron chi connectivity index (χ1n) is 12.4. The summed E-state index contributed by atoms with van der Waals surface area (Å²) in [6.07, 6.45) is 0.423. The number of benzene rings is 3. The number of nitrogens with one attached hydrogen (secondary N) is 2. The minimum Gasteiger partial charge on any atom is -0.340 e. The number of carbonyl (C=O) groups excluding carboxylic acids is 2. The molecule has 36 heavy (non-hydrogen) atoms. The van der Waals surface area contributed by atoms with Crippen LogP contribution in [0, 0.1) is 6.92 Å². The van der Waals surface area contributed by atoms with Gasteiger partial charge in [0.1, 0.15) is 0 Å². The highest BCUT2D eigenvalue weighted by Gasteiger charge is 2.21. The van der Waals surface area contributed by atoms with Gasteiger partial charge in [0.2, 0.25) is 5.91 Å². The highest BCUT2D eigenvalue weighted by Crippen LogP contribution is 2.23. The van der Waals surface area contributed by atoms with E-state index in [9.17, 15) is 9.59 Å². The summed E-state index contributed by atoms with van der Waals surface area (Å²) in [5.41, 5.74) is 3.55. The minimum absolute atomic E-state index is 0.170. The van der Waals surface area contributed by atoms with Crippen molar-refractivity contribution in [3.8, 4) is 0 Å². The molecule has 0 atom stereocenters. The average Bonchev–Trinajstić information content (AvgIpc) is 2.89. The molecule has 2 heterocycles. The number of aryl methyl sites for hydroxylation is 1. The molecule has 4 aromatic rings. The van der Waals surface area contributed by atoms with Gasteiger partial charge >= 0.3 is 6.03 Å². The summed E-state index contributed by atoms with van der Waals surface area (Å²) in [6, 6.07) is 23.8. The molecule has 1 aliphatic heterocycles. The van der Waals surface area contributed by atoms with Crippen LogP contribution in [0.1, 0.15) is 11.3 Å². The molecule has 0 spiro atoms. The normalized spacial score (nSPS) is 14.2. The lowest BCUT2D eigenvalue weighted by molar-refractivity contribution is -0.132. The molecule has 0 radical (unpaired) electrons.